The Bertz CT molecular complexity index is 1150. The zero-order valence-electron chi connectivity index (χ0n) is 16.9. The van der Waals surface area contributed by atoms with Gasteiger partial charge in [-0.05, 0) is 59.5 Å². The normalized spacial score (nSPS) is 13.8. The van der Waals surface area contributed by atoms with Crippen molar-refractivity contribution in [2.75, 3.05) is 5.32 Å². The van der Waals surface area contributed by atoms with Crippen molar-refractivity contribution in [1.82, 2.24) is 4.90 Å². The van der Waals surface area contributed by atoms with E-state index in [0.29, 0.717) is 21.8 Å². The summed E-state index contributed by atoms with van der Waals surface area (Å²) in [6.45, 7) is 2.12. The molecule has 1 N–H and O–H groups in total. The molecule has 0 atom stereocenters. The monoisotopic (exact) mass is 434 g/mol. The van der Waals surface area contributed by atoms with Gasteiger partial charge in [-0.15, -0.1) is 0 Å². The van der Waals surface area contributed by atoms with E-state index in [1.54, 1.807) is 36.4 Å². The molecule has 1 heterocycles. The number of anilines is 1. The molecule has 3 aromatic carbocycles. The molecule has 1 aliphatic heterocycles. The Labute approximate surface area is 185 Å². The van der Waals surface area contributed by atoms with Crippen LogP contribution in [0.5, 0.6) is 0 Å². The second-order valence-electron chi connectivity index (χ2n) is 7.26. The third-order valence-electron chi connectivity index (χ3n) is 5.19. The second-order valence-corrected chi connectivity index (χ2v) is 7.69. The van der Waals surface area contributed by atoms with E-state index in [1.807, 2.05) is 24.3 Å². The summed E-state index contributed by atoms with van der Waals surface area (Å²) in [6, 6.07) is 20.2. The molecule has 0 radical (unpaired) electrons. The van der Waals surface area contributed by atoms with Gasteiger partial charge in [0.1, 0.15) is 11.5 Å². The molecule has 0 aromatic heterocycles. The number of aryl methyl sites for hydroxylation is 1. The highest BCUT2D eigenvalue weighted by molar-refractivity contribution is 6.36. The van der Waals surface area contributed by atoms with E-state index >= 15 is 0 Å². The van der Waals surface area contributed by atoms with Crippen LogP contribution in [0.3, 0.4) is 0 Å². The molecule has 3 aromatic rings. The van der Waals surface area contributed by atoms with Crippen LogP contribution < -0.4 is 5.32 Å². The van der Waals surface area contributed by atoms with Gasteiger partial charge in [0.2, 0.25) is 0 Å². The lowest BCUT2D eigenvalue weighted by Gasteiger charge is -2.15. The number of amides is 2. The van der Waals surface area contributed by atoms with Crippen LogP contribution in [0, 0.1) is 5.82 Å². The largest absolute Gasteiger partial charge is 0.350 e. The minimum atomic E-state index is -0.432. The highest BCUT2D eigenvalue weighted by Gasteiger charge is 2.39. The van der Waals surface area contributed by atoms with E-state index in [9.17, 15) is 14.0 Å². The van der Waals surface area contributed by atoms with Crippen LogP contribution >= 0.6 is 11.6 Å². The molecule has 6 heteroatoms. The van der Waals surface area contributed by atoms with Gasteiger partial charge in [0.15, 0.2) is 0 Å². The van der Waals surface area contributed by atoms with Gasteiger partial charge in [0.05, 0.1) is 12.1 Å². The number of nitrogens with one attached hydrogen (secondary N) is 1. The van der Waals surface area contributed by atoms with Crippen LogP contribution in [0.4, 0.5) is 10.1 Å². The number of carbonyl (C=O) groups is 2. The fourth-order valence-electron chi connectivity index (χ4n) is 3.46. The third kappa shape index (κ3) is 4.37. The average molecular weight is 435 g/mol. The first-order chi connectivity index (χ1) is 15.0. The first kappa shape index (κ1) is 20.8. The van der Waals surface area contributed by atoms with Crippen LogP contribution in [0.25, 0.3) is 5.57 Å². The van der Waals surface area contributed by atoms with E-state index in [2.05, 4.69) is 12.2 Å². The van der Waals surface area contributed by atoms with Crippen molar-refractivity contribution in [3.63, 3.8) is 0 Å². The van der Waals surface area contributed by atoms with Gasteiger partial charge in [0, 0.05) is 10.7 Å². The topological polar surface area (TPSA) is 49.4 Å². The Balaban J connectivity index is 1.71. The number of benzene rings is 3. The van der Waals surface area contributed by atoms with Gasteiger partial charge in [-0.25, -0.2) is 4.39 Å². The molecule has 4 rings (SSSR count). The van der Waals surface area contributed by atoms with Gasteiger partial charge in [-0.2, -0.15) is 0 Å². The summed E-state index contributed by atoms with van der Waals surface area (Å²) >= 11 is 6.00. The van der Waals surface area contributed by atoms with Gasteiger partial charge in [-0.3, -0.25) is 14.5 Å². The van der Waals surface area contributed by atoms with Crippen molar-refractivity contribution in [3.05, 3.63) is 106 Å². The van der Waals surface area contributed by atoms with Crippen molar-refractivity contribution in [1.29, 1.82) is 0 Å². The Kier molecular flexibility index (Phi) is 5.87. The highest BCUT2D eigenvalue weighted by Crippen LogP contribution is 2.32. The average Bonchev–Trinajstić information content (AvgIpc) is 3.00. The Morgan fingerprint density at radius 2 is 1.45 bits per heavy atom. The molecular formula is C25H20ClFN2O2. The first-order valence-electron chi connectivity index (χ1n) is 9.93. The van der Waals surface area contributed by atoms with Gasteiger partial charge >= 0.3 is 0 Å². The van der Waals surface area contributed by atoms with Crippen LogP contribution in [0.15, 0.2) is 78.5 Å². The van der Waals surface area contributed by atoms with Crippen LogP contribution in [-0.4, -0.2) is 16.7 Å². The van der Waals surface area contributed by atoms with Gasteiger partial charge in [0.25, 0.3) is 11.8 Å². The summed E-state index contributed by atoms with van der Waals surface area (Å²) in [5.74, 6) is -1.22. The molecule has 0 saturated carbocycles. The van der Waals surface area contributed by atoms with E-state index in [-0.39, 0.29) is 23.6 Å². The van der Waals surface area contributed by atoms with Crippen LogP contribution in [0.1, 0.15) is 23.6 Å². The number of carbonyl (C=O) groups excluding carboxylic acids is 2. The van der Waals surface area contributed by atoms with Crippen LogP contribution in [-0.2, 0) is 22.6 Å². The summed E-state index contributed by atoms with van der Waals surface area (Å²) in [5, 5.41) is 3.67. The van der Waals surface area contributed by atoms with Crippen LogP contribution in [0.2, 0.25) is 5.02 Å². The number of hydrogen-bond acceptors (Lipinski definition) is 3. The molecule has 0 bridgehead atoms. The molecule has 0 aliphatic carbocycles. The maximum absolute atomic E-state index is 13.3. The van der Waals surface area contributed by atoms with Crippen molar-refractivity contribution >= 4 is 34.7 Å². The summed E-state index contributed by atoms with van der Waals surface area (Å²) in [4.78, 5) is 27.7. The number of halogens is 2. The lowest BCUT2D eigenvalue weighted by atomic mass is 10.0. The predicted octanol–water partition coefficient (Wildman–Crippen LogP) is 5.43. The van der Waals surface area contributed by atoms with E-state index in [1.165, 1.54) is 22.6 Å². The zero-order valence-corrected chi connectivity index (χ0v) is 17.6. The Morgan fingerprint density at radius 1 is 0.839 bits per heavy atom. The van der Waals surface area contributed by atoms with E-state index in [4.69, 9.17) is 11.6 Å². The van der Waals surface area contributed by atoms with Crippen molar-refractivity contribution < 1.29 is 14.0 Å². The number of rotatable bonds is 6. The highest BCUT2D eigenvalue weighted by atomic mass is 35.5. The summed E-state index contributed by atoms with van der Waals surface area (Å²) in [5.41, 5.74) is 3.62. The molecule has 156 valence electrons. The minimum absolute atomic E-state index is 0.0506. The minimum Gasteiger partial charge on any atom is -0.350 e. The summed E-state index contributed by atoms with van der Waals surface area (Å²) < 4.78 is 13.3. The van der Waals surface area contributed by atoms with Crippen molar-refractivity contribution in [3.8, 4) is 0 Å². The number of nitrogens with zero attached hydrogens (tertiary/aromatic N) is 1. The Hall–Kier alpha value is -3.44. The quantitative estimate of drug-likeness (QED) is 0.526. The first-order valence-corrected chi connectivity index (χ1v) is 10.3. The van der Waals surface area contributed by atoms with Crippen molar-refractivity contribution in [2.24, 2.45) is 0 Å². The SMILES string of the molecule is CCc1ccc(NC2=C(c3ccc(Cl)cc3)C(=O)N(Cc3ccc(F)cc3)C2=O)cc1. The third-order valence-corrected chi connectivity index (χ3v) is 5.44. The van der Waals surface area contributed by atoms with E-state index in [0.717, 1.165) is 6.42 Å². The Morgan fingerprint density at radius 3 is 2.06 bits per heavy atom. The van der Waals surface area contributed by atoms with E-state index < -0.39 is 11.8 Å². The molecular weight excluding hydrogens is 415 g/mol. The van der Waals surface area contributed by atoms with Crippen molar-refractivity contribution in [2.45, 2.75) is 19.9 Å². The fourth-order valence-corrected chi connectivity index (χ4v) is 3.59. The summed E-state index contributed by atoms with van der Waals surface area (Å²) in [7, 11) is 0. The molecule has 2 amide bonds. The zero-order chi connectivity index (χ0) is 22.0. The number of hydrogen-bond donors (Lipinski definition) is 1. The molecule has 0 saturated heterocycles. The number of imide groups is 1. The maximum atomic E-state index is 13.3. The lowest BCUT2D eigenvalue weighted by molar-refractivity contribution is -0.137. The fraction of sp³-hybridized carbons (Fsp3) is 0.120. The lowest BCUT2D eigenvalue weighted by Crippen LogP contribution is -2.32. The molecule has 4 nitrogen and oxygen atoms in total. The summed E-state index contributed by atoms with van der Waals surface area (Å²) in [6.07, 6.45) is 0.905. The maximum Gasteiger partial charge on any atom is 0.278 e. The molecule has 31 heavy (non-hydrogen) atoms. The molecule has 0 fully saturated rings. The molecule has 0 spiro atoms. The standard InChI is InChI=1S/C25H20ClFN2O2/c1-2-16-5-13-21(14-6-16)28-23-22(18-7-9-19(26)10-8-18)24(30)29(25(23)31)15-17-3-11-20(27)12-4-17/h3-14,28H,2,15H2,1H3. The smallest absolute Gasteiger partial charge is 0.278 e. The van der Waals surface area contributed by atoms with Gasteiger partial charge < -0.3 is 5.32 Å². The molecule has 0 unspecified atom stereocenters. The van der Waals surface area contributed by atoms with Gasteiger partial charge in [-0.1, -0.05) is 54.9 Å². The molecule has 1 aliphatic rings. The predicted molar refractivity (Wildman–Crippen MR) is 120 cm³/mol. The second kappa shape index (κ2) is 8.74.